The second-order valence-corrected chi connectivity index (χ2v) is 3.71. The molecule has 1 fully saturated rings. The van der Waals surface area contributed by atoms with Crippen LogP contribution in [-0.4, -0.2) is 46.3 Å². The Balaban J connectivity index is 3.00. The Kier molecular flexibility index (Phi) is 2.02. The van der Waals surface area contributed by atoms with Gasteiger partial charge < -0.3 is 10.8 Å². The van der Waals surface area contributed by atoms with E-state index in [0.717, 1.165) is 0 Å². The van der Waals surface area contributed by atoms with Gasteiger partial charge in [-0.3, -0.25) is 9.35 Å². The Morgan fingerprint density at radius 2 is 2.00 bits per heavy atom. The zero-order valence-corrected chi connectivity index (χ0v) is 6.93. The monoisotopic (exact) mass is 210 g/mol. The van der Waals surface area contributed by atoms with E-state index in [4.69, 9.17) is 15.4 Å². The van der Waals surface area contributed by atoms with Gasteiger partial charge in [0.15, 0.2) is 6.04 Å². The van der Waals surface area contributed by atoms with Gasteiger partial charge in [-0.05, 0) is 0 Å². The summed E-state index contributed by atoms with van der Waals surface area (Å²) in [5.74, 6) is -2.71. The molecule has 13 heavy (non-hydrogen) atoms. The van der Waals surface area contributed by atoms with Crippen molar-refractivity contribution in [1.29, 1.82) is 0 Å². The van der Waals surface area contributed by atoms with Crippen molar-refractivity contribution in [3.63, 3.8) is 0 Å². The molecule has 74 valence electrons. The third-order valence-electron chi connectivity index (χ3n) is 1.60. The third-order valence-corrected chi connectivity index (χ3v) is 2.50. The minimum atomic E-state index is -4.82. The first kappa shape index (κ1) is 9.89. The van der Waals surface area contributed by atoms with Crippen molar-refractivity contribution in [3.8, 4) is 0 Å². The van der Waals surface area contributed by atoms with E-state index in [0.29, 0.717) is 0 Å². The molecule has 4 N–H and O–H groups in total. The Bertz CT molecular complexity index is 361. The Labute approximate surface area is 72.8 Å². The molecule has 2 atom stereocenters. The summed E-state index contributed by atoms with van der Waals surface area (Å²) in [4.78, 5) is 21.1. The fourth-order valence-corrected chi connectivity index (χ4v) is 1.85. The summed E-state index contributed by atoms with van der Waals surface area (Å²) in [5, 5.41) is 8.41. The molecule has 1 aliphatic rings. The quantitative estimate of drug-likeness (QED) is 0.336. The summed E-state index contributed by atoms with van der Waals surface area (Å²) in [6.45, 7) is 0. The van der Waals surface area contributed by atoms with E-state index >= 15 is 0 Å². The number of hydrogen-bond acceptors (Lipinski definition) is 5. The second-order valence-electron chi connectivity index (χ2n) is 2.42. The summed E-state index contributed by atoms with van der Waals surface area (Å²) >= 11 is 0. The van der Waals surface area contributed by atoms with Crippen molar-refractivity contribution in [3.05, 3.63) is 0 Å². The lowest BCUT2D eigenvalue weighted by Gasteiger charge is -2.38. The molecule has 1 rings (SSSR count). The van der Waals surface area contributed by atoms with Crippen LogP contribution >= 0.6 is 0 Å². The molecule has 1 aliphatic heterocycles. The van der Waals surface area contributed by atoms with E-state index in [2.05, 4.69) is 0 Å². The van der Waals surface area contributed by atoms with Crippen LogP contribution in [0.2, 0.25) is 0 Å². The molecular formula is C4H6N2O6S. The number of aliphatic carboxylic acids is 1. The average molecular weight is 210 g/mol. The highest BCUT2D eigenvalue weighted by atomic mass is 32.2. The van der Waals surface area contributed by atoms with Crippen molar-refractivity contribution in [2.24, 2.45) is 5.73 Å². The van der Waals surface area contributed by atoms with Crippen LogP contribution in [0.3, 0.4) is 0 Å². The number of nitrogens with two attached hydrogens (primary N) is 1. The maximum Gasteiger partial charge on any atom is 0.363 e. The lowest BCUT2D eigenvalue weighted by atomic mass is 10.0. The molecule has 0 bridgehead atoms. The largest absolute Gasteiger partial charge is 0.480 e. The number of carbonyl (C=O) groups is 2. The Morgan fingerprint density at radius 3 is 2.23 bits per heavy atom. The van der Waals surface area contributed by atoms with Gasteiger partial charge in [0.2, 0.25) is 0 Å². The number of carboxylic acids is 1. The van der Waals surface area contributed by atoms with Gasteiger partial charge in [-0.1, -0.05) is 0 Å². The summed E-state index contributed by atoms with van der Waals surface area (Å²) in [7, 11) is -4.82. The van der Waals surface area contributed by atoms with Crippen LogP contribution in [0.5, 0.6) is 0 Å². The molecule has 8 nitrogen and oxygen atoms in total. The molecule has 0 aliphatic carbocycles. The molecule has 0 spiro atoms. The fourth-order valence-electron chi connectivity index (χ4n) is 0.994. The van der Waals surface area contributed by atoms with E-state index in [1.165, 1.54) is 0 Å². The molecule has 0 aromatic carbocycles. The van der Waals surface area contributed by atoms with Gasteiger partial charge in [-0.25, -0.2) is 4.79 Å². The average Bonchev–Trinajstić information content (AvgIpc) is 1.94. The highest BCUT2D eigenvalue weighted by Crippen LogP contribution is 2.21. The molecule has 0 aromatic rings. The lowest BCUT2D eigenvalue weighted by Crippen LogP contribution is -2.72. The predicted molar refractivity (Wildman–Crippen MR) is 37.8 cm³/mol. The summed E-state index contributed by atoms with van der Waals surface area (Å²) in [5.41, 5.74) is 5.01. The Hall–Kier alpha value is -1.19. The normalized spacial score (nSPS) is 28.5. The van der Waals surface area contributed by atoms with Crippen molar-refractivity contribution in [2.75, 3.05) is 0 Å². The first-order valence-corrected chi connectivity index (χ1v) is 4.45. The second kappa shape index (κ2) is 2.65. The molecule has 0 aromatic heterocycles. The van der Waals surface area contributed by atoms with Crippen LogP contribution in [0.15, 0.2) is 0 Å². The molecule has 1 heterocycles. The van der Waals surface area contributed by atoms with E-state index in [1.807, 2.05) is 0 Å². The van der Waals surface area contributed by atoms with Crippen LogP contribution in [-0.2, 0) is 19.9 Å². The van der Waals surface area contributed by atoms with Gasteiger partial charge in [-0.2, -0.15) is 12.7 Å². The fraction of sp³-hybridized carbons (Fsp3) is 0.500. The van der Waals surface area contributed by atoms with E-state index in [1.54, 1.807) is 0 Å². The molecule has 0 saturated carbocycles. The van der Waals surface area contributed by atoms with Gasteiger partial charge in [-0.15, -0.1) is 0 Å². The van der Waals surface area contributed by atoms with E-state index in [9.17, 15) is 18.0 Å². The summed E-state index contributed by atoms with van der Waals surface area (Å²) < 4.78 is 29.1. The molecular weight excluding hydrogens is 204 g/mol. The van der Waals surface area contributed by atoms with Crippen molar-refractivity contribution >= 4 is 22.2 Å². The van der Waals surface area contributed by atoms with Gasteiger partial charge in [0, 0.05) is 0 Å². The highest BCUT2D eigenvalue weighted by molar-refractivity contribution is 7.84. The topological polar surface area (TPSA) is 138 Å². The van der Waals surface area contributed by atoms with Gasteiger partial charge in [0.05, 0.1) is 0 Å². The first-order valence-electron chi connectivity index (χ1n) is 3.06. The lowest BCUT2D eigenvalue weighted by molar-refractivity contribution is -0.157. The number of carboxylic acid groups (broad SMARTS) is 1. The number of rotatable bonds is 2. The zero-order valence-electron chi connectivity index (χ0n) is 6.11. The highest BCUT2D eigenvalue weighted by Gasteiger charge is 2.55. The number of hydrogen-bond donors (Lipinski definition) is 3. The van der Waals surface area contributed by atoms with Gasteiger partial charge >= 0.3 is 16.3 Å². The van der Waals surface area contributed by atoms with Crippen LogP contribution < -0.4 is 5.73 Å². The number of amides is 1. The van der Waals surface area contributed by atoms with Crippen molar-refractivity contribution in [2.45, 2.75) is 12.1 Å². The third kappa shape index (κ3) is 1.36. The van der Waals surface area contributed by atoms with Crippen molar-refractivity contribution < 1.29 is 27.7 Å². The standard InChI is InChI=1S/C4H6N2O6S/c5-1-2(4(8)9)6(3(1)7)13(10,11)12/h1-2H,5H2,(H,8,9)(H,10,11,12)/t1-,2+/m0/s1. The Morgan fingerprint density at radius 1 is 1.54 bits per heavy atom. The van der Waals surface area contributed by atoms with E-state index < -0.39 is 34.3 Å². The first-order chi connectivity index (χ1) is 5.76. The van der Waals surface area contributed by atoms with Crippen LogP contribution in [0.4, 0.5) is 0 Å². The molecule has 1 amide bonds. The maximum absolute atomic E-state index is 10.7. The number of β-lactam (4-membered cyclic amide) rings is 1. The van der Waals surface area contributed by atoms with Crippen LogP contribution in [0.1, 0.15) is 0 Å². The minimum absolute atomic E-state index is 0.167. The summed E-state index contributed by atoms with van der Waals surface area (Å²) in [6.07, 6.45) is 0. The number of carbonyl (C=O) groups excluding carboxylic acids is 1. The molecule has 0 radical (unpaired) electrons. The number of nitrogens with zero attached hydrogens (tertiary/aromatic N) is 1. The minimum Gasteiger partial charge on any atom is -0.480 e. The summed E-state index contributed by atoms with van der Waals surface area (Å²) in [6, 6.07) is -3.12. The zero-order chi connectivity index (χ0) is 10.4. The molecule has 9 heteroatoms. The SMILES string of the molecule is N[C@@H]1C(=O)N(S(=O)(=O)O)[C@H]1C(=O)O. The molecule has 1 saturated heterocycles. The van der Waals surface area contributed by atoms with Crippen LogP contribution in [0.25, 0.3) is 0 Å². The maximum atomic E-state index is 10.7. The van der Waals surface area contributed by atoms with Crippen LogP contribution in [0, 0.1) is 0 Å². The predicted octanol–water partition coefficient (Wildman–Crippen LogP) is -2.59. The van der Waals surface area contributed by atoms with Crippen molar-refractivity contribution in [1.82, 2.24) is 4.31 Å². The smallest absolute Gasteiger partial charge is 0.363 e. The van der Waals surface area contributed by atoms with Gasteiger partial charge in [0.25, 0.3) is 5.91 Å². The van der Waals surface area contributed by atoms with Gasteiger partial charge in [0.1, 0.15) is 6.04 Å². The van der Waals surface area contributed by atoms with E-state index in [-0.39, 0.29) is 4.31 Å². The molecule has 0 unspecified atom stereocenters.